The summed E-state index contributed by atoms with van der Waals surface area (Å²) >= 11 is 1.41. The summed E-state index contributed by atoms with van der Waals surface area (Å²) in [5.41, 5.74) is 1.58. The maximum atomic E-state index is 11.9. The maximum Gasteiger partial charge on any atom is 0.324 e. The molecule has 1 aromatic heterocycles. The summed E-state index contributed by atoms with van der Waals surface area (Å²) in [7, 11) is 0. The molecule has 6 heteroatoms. The number of nitrogens with zero attached hydrogens (tertiary/aromatic N) is 1. The van der Waals surface area contributed by atoms with Crippen LogP contribution in [0.3, 0.4) is 0 Å². The van der Waals surface area contributed by atoms with Gasteiger partial charge in [0.05, 0.1) is 6.61 Å². The molecule has 0 fully saturated rings. The fourth-order valence-electron chi connectivity index (χ4n) is 1.90. The topological polar surface area (TPSA) is 64.4 Å². The molecule has 5 nitrogen and oxygen atoms in total. The molecule has 1 atom stereocenters. The van der Waals surface area contributed by atoms with Gasteiger partial charge in [-0.2, -0.15) is 0 Å². The first-order valence-corrected chi connectivity index (χ1v) is 7.99. The fraction of sp³-hybridized carbons (Fsp3) is 0.467. The molecule has 2 aromatic rings. The van der Waals surface area contributed by atoms with E-state index in [1.165, 1.54) is 11.8 Å². The van der Waals surface area contributed by atoms with Gasteiger partial charge in [-0.1, -0.05) is 37.7 Å². The minimum absolute atomic E-state index is 0.198. The number of para-hydroxylation sites is 2. The molecule has 21 heavy (non-hydrogen) atoms. The van der Waals surface area contributed by atoms with Crippen LogP contribution in [-0.4, -0.2) is 35.4 Å². The highest BCUT2D eigenvalue weighted by atomic mass is 32.2. The Bertz CT molecular complexity index is 564. The molecule has 1 N–H and O–H groups in total. The molecule has 0 aliphatic heterocycles. The van der Waals surface area contributed by atoms with Crippen LogP contribution in [0, 0.1) is 0 Å². The van der Waals surface area contributed by atoms with Crippen molar-refractivity contribution in [2.24, 2.45) is 0 Å². The summed E-state index contributed by atoms with van der Waals surface area (Å²) in [6.45, 7) is 6.17. The Morgan fingerprint density at radius 3 is 2.86 bits per heavy atom. The van der Waals surface area contributed by atoms with Gasteiger partial charge < -0.3 is 14.5 Å². The third-order valence-electron chi connectivity index (χ3n) is 2.75. The van der Waals surface area contributed by atoms with E-state index in [0.29, 0.717) is 17.6 Å². The van der Waals surface area contributed by atoms with Crippen LogP contribution < -0.4 is 5.32 Å². The number of carbonyl (C=O) groups is 1. The average Bonchev–Trinajstić information content (AvgIpc) is 2.86. The number of fused-ring (bicyclic) bond motifs is 1. The molecule has 0 saturated heterocycles. The van der Waals surface area contributed by atoms with Crippen molar-refractivity contribution in [3.05, 3.63) is 24.3 Å². The van der Waals surface area contributed by atoms with Crippen molar-refractivity contribution in [2.45, 2.75) is 38.1 Å². The molecule has 1 unspecified atom stereocenters. The van der Waals surface area contributed by atoms with Crippen molar-refractivity contribution in [3.8, 4) is 0 Å². The number of carbonyl (C=O) groups excluding carboxylic acids is 1. The largest absolute Gasteiger partial charge is 0.465 e. The Kier molecular flexibility index (Phi) is 5.64. The number of benzene rings is 1. The SMILES string of the molecule is CCOC(=O)C(CSc1nc2ccccc2o1)NC(C)C. The van der Waals surface area contributed by atoms with Gasteiger partial charge in [0.25, 0.3) is 5.22 Å². The van der Waals surface area contributed by atoms with Gasteiger partial charge in [-0.25, -0.2) is 4.98 Å². The monoisotopic (exact) mass is 308 g/mol. The van der Waals surface area contributed by atoms with Crippen molar-refractivity contribution < 1.29 is 13.9 Å². The summed E-state index contributed by atoms with van der Waals surface area (Å²) in [5.74, 6) is 0.277. The Labute approximate surface area is 128 Å². The first-order valence-electron chi connectivity index (χ1n) is 7.01. The van der Waals surface area contributed by atoms with E-state index in [1.54, 1.807) is 6.92 Å². The number of hydrogen-bond acceptors (Lipinski definition) is 6. The number of aromatic nitrogens is 1. The first kappa shape index (κ1) is 15.9. The molecule has 1 aromatic carbocycles. The number of esters is 1. The number of ether oxygens (including phenoxy) is 1. The van der Waals surface area contributed by atoms with Crippen molar-refractivity contribution in [3.63, 3.8) is 0 Å². The van der Waals surface area contributed by atoms with Gasteiger partial charge >= 0.3 is 5.97 Å². The minimum Gasteiger partial charge on any atom is -0.465 e. The number of nitrogens with one attached hydrogen (secondary N) is 1. The Hall–Kier alpha value is -1.53. The zero-order valence-corrected chi connectivity index (χ0v) is 13.3. The predicted molar refractivity (Wildman–Crippen MR) is 83.4 cm³/mol. The minimum atomic E-state index is -0.370. The zero-order valence-electron chi connectivity index (χ0n) is 12.5. The molecule has 114 valence electrons. The lowest BCUT2D eigenvalue weighted by molar-refractivity contribution is -0.145. The lowest BCUT2D eigenvalue weighted by Gasteiger charge is -2.18. The van der Waals surface area contributed by atoms with E-state index in [4.69, 9.17) is 9.15 Å². The van der Waals surface area contributed by atoms with Gasteiger partial charge in [0.1, 0.15) is 11.6 Å². The molecule has 0 amide bonds. The molecule has 0 radical (unpaired) electrons. The van der Waals surface area contributed by atoms with Gasteiger partial charge in [0.15, 0.2) is 5.58 Å². The van der Waals surface area contributed by atoms with E-state index < -0.39 is 0 Å². The number of hydrogen-bond donors (Lipinski definition) is 1. The maximum absolute atomic E-state index is 11.9. The lowest BCUT2D eigenvalue weighted by Crippen LogP contribution is -2.43. The Morgan fingerprint density at radius 2 is 2.19 bits per heavy atom. The van der Waals surface area contributed by atoms with Crippen LogP contribution >= 0.6 is 11.8 Å². The quantitative estimate of drug-likeness (QED) is 0.627. The summed E-state index contributed by atoms with van der Waals surface area (Å²) in [5, 5.41) is 3.77. The van der Waals surface area contributed by atoms with Crippen LogP contribution in [-0.2, 0) is 9.53 Å². The molecule has 0 bridgehead atoms. The first-order chi connectivity index (χ1) is 10.1. The number of rotatable bonds is 7. The normalized spacial score (nSPS) is 12.8. The predicted octanol–water partition coefficient (Wildman–Crippen LogP) is 2.85. The van der Waals surface area contributed by atoms with Crippen LogP contribution in [0.15, 0.2) is 33.9 Å². The van der Waals surface area contributed by atoms with Crippen molar-refractivity contribution in [2.75, 3.05) is 12.4 Å². The van der Waals surface area contributed by atoms with E-state index in [9.17, 15) is 4.79 Å². The van der Waals surface area contributed by atoms with Crippen molar-refractivity contribution in [1.82, 2.24) is 10.3 Å². The highest BCUT2D eigenvalue weighted by Crippen LogP contribution is 2.23. The van der Waals surface area contributed by atoms with E-state index in [2.05, 4.69) is 10.3 Å². The van der Waals surface area contributed by atoms with Crippen molar-refractivity contribution >= 4 is 28.8 Å². The molecule has 0 aliphatic carbocycles. The van der Waals surface area contributed by atoms with Gasteiger partial charge in [-0.3, -0.25) is 4.79 Å². The van der Waals surface area contributed by atoms with Crippen LogP contribution in [0.4, 0.5) is 0 Å². The highest BCUT2D eigenvalue weighted by molar-refractivity contribution is 7.99. The summed E-state index contributed by atoms with van der Waals surface area (Å²) < 4.78 is 10.7. The van der Waals surface area contributed by atoms with Crippen LogP contribution in [0.25, 0.3) is 11.1 Å². The van der Waals surface area contributed by atoms with E-state index in [0.717, 1.165) is 11.1 Å². The lowest BCUT2D eigenvalue weighted by atomic mass is 10.3. The average molecular weight is 308 g/mol. The Balaban J connectivity index is 2.01. The third-order valence-corrected chi connectivity index (χ3v) is 3.67. The van der Waals surface area contributed by atoms with Gasteiger partial charge in [-0.15, -0.1) is 0 Å². The van der Waals surface area contributed by atoms with Crippen molar-refractivity contribution in [1.29, 1.82) is 0 Å². The second-order valence-electron chi connectivity index (χ2n) is 4.88. The number of oxazole rings is 1. The Morgan fingerprint density at radius 1 is 1.43 bits per heavy atom. The molecule has 0 saturated carbocycles. The van der Waals surface area contributed by atoms with Crippen LogP contribution in [0.5, 0.6) is 0 Å². The zero-order chi connectivity index (χ0) is 15.2. The summed E-state index contributed by atoms with van der Waals surface area (Å²) in [6.07, 6.45) is 0. The van der Waals surface area contributed by atoms with Crippen LogP contribution in [0.2, 0.25) is 0 Å². The summed E-state index contributed by atoms with van der Waals surface area (Å²) in [6, 6.07) is 7.43. The highest BCUT2D eigenvalue weighted by Gasteiger charge is 2.21. The standard InChI is InChI=1S/C15H20N2O3S/c1-4-19-14(18)12(16-10(2)3)9-21-15-17-11-7-5-6-8-13(11)20-15/h5-8,10,12,16H,4,9H2,1-3H3. The number of thioether (sulfide) groups is 1. The molecular formula is C15H20N2O3S. The van der Waals surface area contributed by atoms with E-state index >= 15 is 0 Å². The molecule has 0 spiro atoms. The fourth-order valence-corrected chi connectivity index (χ4v) is 2.75. The van der Waals surface area contributed by atoms with E-state index in [-0.39, 0.29) is 18.1 Å². The van der Waals surface area contributed by atoms with Gasteiger partial charge in [-0.05, 0) is 19.1 Å². The van der Waals surface area contributed by atoms with E-state index in [1.807, 2.05) is 38.1 Å². The smallest absolute Gasteiger partial charge is 0.324 e. The third kappa shape index (κ3) is 4.47. The summed E-state index contributed by atoms with van der Waals surface area (Å²) in [4.78, 5) is 16.3. The molecule has 1 heterocycles. The molecule has 2 rings (SSSR count). The molecular weight excluding hydrogens is 288 g/mol. The second kappa shape index (κ2) is 7.47. The molecule has 0 aliphatic rings. The second-order valence-corrected chi connectivity index (χ2v) is 5.86. The van der Waals surface area contributed by atoms with Crippen LogP contribution in [0.1, 0.15) is 20.8 Å². The van der Waals surface area contributed by atoms with Gasteiger partial charge in [0.2, 0.25) is 0 Å². The van der Waals surface area contributed by atoms with Gasteiger partial charge in [0, 0.05) is 11.8 Å².